The minimum atomic E-state index is -0.586. The van der Waals surface area contributed by atoms with Crippen molar-refractivity contribution in [2.75, 3.05) is 15.5 Å². The van der Waals surface area contributed by atoms with E-state index in [4.69, 9.17) is 23.2 Å². The maximum Gasteiger partial charge on any atom is 0.283 e. The normalized spacial score (nSPS) is 13.5. The average molecular weight is 494 g/mol. The molecule has 0 radical (unpaired) electrons. The summed E-state index contributed by atoms with van der Waals surface area (Å²) in [7, 11) is 0. The van der Waals surface area contributed by atoms with Gasteiger partial charge < -0.3 is 10.6 Å². The van der Waals surface area contributed by atoms with Crippen LogP contribution in [0, 0.1) is 20.8 Å². The Morgan fingerprint density at radius 1 is 0.853 bits per heavy atom. The van der Waals surface area contributed by atoms with E-state index >= 15 is 0 Å². The standard InChI is InChI=1S/C26H21Cl2N3O3/c1-14-5-4-6-21(16(14)3)31-25(33)22(28)23(26(31)34)29-19-10-7-17(8-11-19)24(32)30-20-12-9-18(27)13-15(20)2/h4-13,29H,1-3H3,(H,30,32). The fourth-order valence-corrected chi connectivity index (χ4v) is 4.06. The quantitative estimate of drug-likeness (QED) is 0.430. The lowest BCUT2D eigenvalue weighted by molar-refractivity contribution is -0.120. The van der Waals surface area contributed by atoms with Gasteiger partial charge >= 0.3 is 0 Å². The second-order valence-electron chi connectivity index (χ2n) is 7.97. The number of benzene rings is 3. The molecule has 0 bridgehead atoms. The van der Waals surface area contributed by atoms with E-state index in [1.807, 2.05) is 26.8 Å². The lowest BCUT2D eigenvalue weighted by Gasteiger charge is -2.18. The van der Waals surface area contributed by atoms with Crippen LogP contribution in [0.15, 0.2) is 71.4 Å². The molecule has 0 spiro atoms. The maximum atomic E-state index is 13.1. The van der Waals surface area contributed by atoms with Gasteiger partial charge in [-0.25, -0.2) is 4.90 Å². The lowest BCUT2D eigenvalue weighted by atomic mass is 10.1. The summed E-state index contributed by atoms with van der Waals surface area (Å²) in [6, 6.07) is 17.1. The van der Waals surface area contributed by atoms with Crippen LogP contribution in [0.2, 0.25) is 5.02 Å². The number of hydrogen-bond donors (Lipinski definition) is 2. The number of aryl methyl sites for hydroxylation is 2. The SMILES string of the molecule is Cc1cc(Cl)ccc1NC(=O)c1ccc(NC2=C(Cl)C(=O)N(c3cccc(C)c3C)C2=O)cc1. The zero-order valence-corrected chi connectivity index (χ0v) is 20.2. The topological polar surface area (TPSA) is 78.5 Å². The van der Waals surface area contributed by atoms with Gasteiger partial charge in [-0.1, -0.05) is 35.3 Å². The number of rotatable bonds is 5. The summed E-state index contributed by atoms with van der Waals surface area (Å²) in [5, 5.41) is 6.17. The molecule has 2 N–H and O–H groups in total. The van der Waals surface area contributed by atoms with Gasteiger partial charge in [-0.2, -0.15) is 0 Å². The molecular formula is C26H21Cl2N3O3. The summed E-state index contributed by atoms with van der Waals surface area (Å²) in [6.45, 7) is 5.61. The second-order valence-corrected chi connectivity index (χ2v) is 8.78. The number of anilines is 3. The van der Waals surface area contributed by atoms with Crippen LogP contribution in [0.3, 0.4) is 0 Å². The molecule has 3 amide bonds. The zero-order chi connectivity index (χ0) is 24.6. The van der Waals surface area contributed by atoms with Crippen LogP contribution < -0.4 is 15.5 Å². The van der Waals surface area contributed by atoms with Crippen LogP contribution in [0.25, 0.3) is 0 Å². The predicted octanol–water partition coefficient (Wildman–Crippen LogP) is 5.95. The Balaban J connectivity index is 1.50. The van der Waals surface area contributed by atoms with E-state index in [2.05, 4.69) is 10.6 Å². The van der Waals surface area contributed by atoms with Crippen molar-refractivity contribution in [1.29, 1.82) is 0 Å². The minimum Gasteiger partial charge on any atom is -0.350 e. The van der Waals surface area contributed by atoms with E-state index in [1.54, 1.807) is 54.6 Å². The van der Waals surface area contributed by atoms with Crippen molar-refractivity contribution in [2.24, 2.45) is 0 Å². The van der Waals surface area contributed by atoms with E-state index in [0.29, 0.717) is 27.6 Å². The molecule has 0 saturated heterocycles. The van der Waals surface area contributed by atoms with Crippen molar-refractivity contribution in [2.45, 2.75) is 20.8 Å². The molecule has 0 unspecified atom stereocenters. The van der Waals surface area contributed by atoms with E-state index in [1.165, 1.54) is 0 Å². The maximum absolute atomic E-state index is 13.1. The fraction of sp³-hybridized carbons (Fsp3) is 0.115. The molecule has 1 aliphatic heterocycles. The van der Waals surface area contributed by atoms with Gasteiger partial charge in [0, 0.05) is 22.0 Å². The summed E-state index contributed by atoms with van der Waals surface area (Å²) < 4.78 is 0. The largest absolute Gasteiger partial charge is 0.350 e. The van der Waals surface area contributed by atoms with E-state index in [9.17, 15) is 14.4 Å². The van der Waals surface area contributed by atoms with Crippen LogP contribution in [-0.2, 0) is 9.59 Å². The molecular weight excluding hydrogens is 473 g/mol. The second kappa shape index (κ2) is 9.33. The van der Waals surface area contributed by atoms with Crippen LogP contribution in [0.5, 0.6) is 0 Å². The molecule has 1 aliphatic rings. The van der Waals surface area contributed by atoms with Crippen LogP contribution in [0.1, 0.15) is 27.0 Å². The van der Waals surface area contributed by atoms with Crippen molar-refractivity contribution < 1.29 is 14.4 Å². The Labute approximate surface area is 207 Å². The molecule has 34 heavy (non-hydrogen) atoms. The Morgan fingerprint density at radius 2 is 1.56 bits per heavy atom. The van der Waals surface area contributed by atoms with Gasteiger partial charge in [0.1, 0.15) is 10.7 Å². The van der Waals surface area contributed by atoms with Crippen molar-refractivity contribution in [3.63, 3.8) is 0 Å². The van der Waals surface area contributed by atoms with E-state index in [0.717, 1.165) is 21.6 Å². The summed E-state index contributed by atoms with van der Waals surface area (Å²) in [5.74, 6) is -1.41. The Hall–Kier alpha value is -3.61. The molecule has 0 aromatic heterocycles. The van der Waals surface area contributed by atoms with Gasteiger partial charge in [0.05, 0.1) is 5.69 Å². The van der Waals surface area contributed by atoms with Gasteiger partial charge in [0.15, 0.2) is 0 Å². The molecule has 3 aromatic rings. The Morgan fingerprint density at radius 3 is 2.24 bits per heavy atom. The van der Waals surface area contributed by atoms with Gasteiger partial charge in [0.25, 0.3) is 17.7 Å². The molecule has 172 valence electrons. The lowest BCUT2D eigenvalue weighted by Crippen LogP contribution is -2.33. The van der Waals surface area contributed by atoms with Crippen LogP contribution in [0.4, 0.5) is 17.1 Å². The highest BCUT2D eigenvalue weighted by atomic mass is 35.5. The minimum absolute atomic E-state index is 0.0124. The summed E-state index contributed by atoms with van der Waals surface area (Å²) in [6.07, 6.45) is 0. The predicted molar refractivity (Wildman–Crippen MR) is 135 cm³/mol. The number of nitrogens with zero attached hydrogens (tertiary/aromatic N) is 1. The van der Waals surface area contributed by atoms with E-state index in [-0.39, 0.29) is 16.6 Å². The summed E-state index contributed by atoms with van der Waals surface area (Å²) in [4.78, 5) is 39.5. The third-order valence-electron chi connectivity index (χ3n) is 5.70. The number of imide groups is 1. The molecule has 8 heteroatoms. The van der Waals surface area contributed by atoms with Crippen molar-refractivity contribution in [3.05, 3.63) is 98.7 Å². The number of carbonyl (C=O) groups is 3. The highest BCUT2D eigenvalue weighted by Crippen LogP contribution is 2.33. The first kappa shape index (κ1) is 23.5. The fourth-order valence-electron chi connectivity index (χ4n) is 3.62. The zero-order valence-electron chi connectivity index (χ0n) is 18.7. The van der Waals surface area contributed by atoms with Gasteiger partial charge in [0.2, 0.25) is 0 Å². The first-order valence-electron chi connectivity index (χ1n) is 10.5. The van der Waals surface area contributed by atoms with Gasteiger partial charge in [-0.15, -0.1) is 0 Å². The number of hydrogen-bond acceptors (Lipinski definition) is 4. The summed E-state index contributed by atoms with van der Waals surface area (Å²) >= 11 is 12.2. The molecule has 3 aromatic carbocycles. The molecule has 6 nitrogen and oxygen atoms in total. The number of amides is 3. The van der Waals surface area contributed by atoms with E-state index < -0.39 is 11.8 Å². The number of halogens is 2. The molecule has 0 fully saturated rings. The molecule has 1 heterocycles. The first-order valence-corrected chi connectivity index (χ1v) is 11.2. The molecule has 4 rings (SSSR count). The third-order valence-corrected chi connectivity index (χ3v) is 6.28. The number of nitrogens with one attached hydrogen (secondary N) is 2. The molecule has 0 aliphatic carbocycles. The third kappa shape index (κ3) is 4.42. The van der Waals surface area contributed by atoms with Crippen molar-refractivity contribution in [3.8, 4) is 0 Å². The number of carbonyl (C=O) groups excluding carboxylic acids is 3. The van der Waals surface area contributed by atoms with Crippen molar-refractivity contribution in [1.82, 2.24) is 0 Å². The van der Waals surface area contributed by atoms with Crippen molar-refractivity contribution >= 4 is 58.0 Å². The van der Waals surface area contributed by atoms with Crippen LogP contribution >= 0.6 is 23.2 Å². The monoisotopic (exact) mass is 493 g/mol. The highest BCUT2D eigenvalue weighted by molar-refractivity contribution is 6.53. The Bertz CT molecular complexity index is 1360. The van der Waals surface area contributed by atoms with Gasteiger partial charge in [-0.05, 0) is 86.0 Å². The van der Waals surface area contributed by atoms with Gasteiger partial charge in [-0.3, -0.25) is 14.4 Å². The summed E-state index contributed by atoms with van der Waals surface area (Å²) in [5.41, 5.74) is 4.70. The average Bonchev–Trinajstić information content (AvgIpc) is 3.01. The van der Waals surface area contributed by atoms with Crippen LogP contribution in [-0.4, -0.2) is 17.7 Å². The highest BCUT2D eigenvalue weighted by Gasteiger charge is 2.39. The molecule has 0 atom stereocenters. The smallest absolute Gasteiger partial charge is 0.283 e. The first-order chi connectivity index (χ1) is 16.2. The molecule has 0 saturated carbocycles. The Kier molecular flexibility index (Phi) is 6.46.